The first kappa shape index (κ1) is 19.5. The molecule has 3 N–H and O–H groups in total. The highest BCUT2D eigenvalue weighted by molar-refractivity contribution is 6.01. The molecule has 1 aliphatic heterocycles. The van der Waals surface area contributed by atoms with E-state index in [-0.39, 0.29) is 24.0 Å². The van der Waals surface area contributed by atoms with E-state index >= 15 is 0 Å². The minimum Gasteiger partial charge on any atom is -0.494 e. The lowest BCUT2D eigenvalue weighted by molar-refractivity contribution is -0.0145. The number of aliphatic imine (C=N–C) groups is 1. The Hall–Kier alpha value is -3.21. The Bertz CT molecular complexity index is 907. The van der Waals surface area contributed by atoms with Gasteiger partial charge in [-0.05, 0) is 18.2 Å². The summed E-state index contributed by atoms with van der Waals surface area (Å²) in [5.74, 6) is -1.65. The van der Waals surface area contributed by atoms with E-state index in [0.29, 0.717) is 5.75 Å². The smallest absolute Gasteiger partial charge is 0.293 e. The number of benzene rings is 1. The summed E-state index contributed by atoms with van der Waals surface area (Å²) < 4.78 is 52.0. The fourth-order valence-electron chi connectivity index (χ4n) is 2.66. The lowest BCUT2D eigenvalue weighted by Gasteiger charge is -2.33. The van der Waals surface area contributed by atoms with Gasteiger partial charge in [-0.3, -0.25) is 9.79 Å². The molecule has 28 heavy (non-hydrogen) atoms. The largest absolute Gasteiger partial charge is 0.494 e. The van der Waals surface area contributed by atoms with Crippen LogP contribution in [0.25, 0.3) is 0 Å². The third-order valence-corrected chi connectivity index (χ3v) is 4.03. The van der Waals surface area contributed by atoms with Crippen LogP contribution in [0, 0.1) is 5.82 Å². The lowest BCUT2D eigenvalue weighted by Crippen LogP contribution is -2.45. The van der Waals surface area contributed by atoms with E-state index in [9.17, 15) is 18.0 Å². The van der Waals surface area contributed by atoms with Gasteiger partial charge in [0.2, 0.25) is 5.82 Å². The average Bonchev–Trinajstić information content (AvgIpc) is 2.69. The summed E-state index contributed by atoms with van der Waals surface area (Å²) in [6.07, 6.45) is -0.502. The zero-order valence-corrected chi connectivity index (χ0v) is 14.7. The first-order chi connectivity index (χ1) is 13.4. The number of carbonyl (C=O) groups is 1. The summed E-state index contributed by atoms with van der Waals surface area (Å²) in [5, 5.41) is 2.43. The second-order valence-electron chi connectivity index (χ2n) is 5.92. The second-order valence-corrected chi connectivity index (χ2v) is 5.92. The minimum atomic E-state index is -3.09. The van der Waals surface area contributed by atoms with Crippen molar-refractivity contribution < 1.29 is 27.4 Å². The molecule has 11 heteroatoms. The standard InChI is InChI=1S/C17H16F3N5O3/c1-27-10-5-22-14(23-6-10)15(26)24-9-2-3-12(18)11(4-9)17(16(19)20)8-28-7-13(21)25-17/h2-6,16H,7-8H2,1H3,(H2,21,25)(H,24,26)/t17-/m0/s1. The Morgan fingerprint density at radius 2 is 2.07 bits per heavy atom. The maximum absolute atomic E-state index is 14.4. The number of anilines is 1. The number of hydrogen-bond donors (Lipinski definition) is 2. The van der Waals surface area contributed by atoms with Crippen molar-refractivity contribution in [1.29, 1.82) is 0 Å². The molecule has 0 radical (unpaired) electrons. The highest BCUT2D eigenvalue weighted by atomic mass is 19.3. The van der Waals surface area contributed by atoms with Crippen molar-refractivity contribution in [1.82, 2.24) is 9.97 Å². The van der Waals surface area contributed by atoms with Crippen LogP contribution in [-0.2, 0) is 10.3 Å². The number of halogens is 3. The second kappa shape index (κ2) is 7.80. The van der Waals surface area contributed by atoms with Gasteiger partial charge in [0.05, 0.1) is 26.1 Å². The Morgan fingerprint density at radius 3 is 2.68 bits per heavy atom. The highest BCUT2D eigenvalue weighted by Gasteiger charge is 2.46. The molecule has 1 amide bonds. The number of alkyl halides is 2. The number of carbonyl (C=O) groups excluding carboxylic acids is 1. The van der Waals surface area contributed by atoms with Crippen molar-refractivity contribution in [3.8, 4) is 5.75 Å². The Balaban J connectivity index is 1.92. The van der Waals surface area contributed by atoms with E-state index in [1.54, 1.807) is 0 Å². The molecule has 2 heterocycles. The number of nitrogens with two attached hydrogens (primary N) is 1. The molecule has 8 nitrogen and oxygen atoms in total. The number of ether oxygens (including phenoxy) is 2. The summed E-state index contributed by atoms with van der Waals surface area (Å²) in [4.78, 5) is 23.7. The maximum atomic E-state index is 14.4. The van der Waals surface area contributed by atoms with Crippen LogP contribution >= 0.6 is 0 Å². The number of hydrogen-bond acceptors (Lipinski definition) is 7. The van der Waals surface area contributed by atoms with E-state index in [0.717, 1.165) is 12.1 Å². The van der Waals surface area contributed by atoms with Crippen molar-refractivity contribution in [2.45, 2.75) is 12.0 Å². The van der Waals surface area contributed by atoms with Gasteiger partial charge in [-0.1, -0.05) is 0 Å². The zero-order chi connectivity index (χ0) is 20.3. The van der Waals surface area contributed by atoms with Gasteiger partial charge in [0.25, 0.3) is 12.3 Å². The molecule has 3 rings (SSSR count). The molecule has 2 aromatic rings. The average molecular weight is 395 g/mol. The van der Waals surface area contributed by atoms with E-state index in [1.165, 1.54) is 25.6 Å². The van der Waals surface area contributed by atoms with Gasteiger partial charge in [0, 0.05) is 11.3 Å². The van der Waals surface area contributed by atoms with E-state index in [1.807, 2.05) is 0 Å². The fourth-order valence-corrected chi connectivity index (χ4v) is 2.66. The minimum absolute atomic E-state index is 0.0557. The summed E-state index contributed by atoms with van der Waals surface area (Å²) in [7, 11) is 1.42. The van der Waals surface area contributed by atoms with Crippen LogP contribution in [0.15, 0.2) is 35.6 Å². The summed E-state index contributed by atoms with van der Waals surface area (Å²) in [5.41, 5.74) is 2.83. The van der Waals surface area contributed by atoms with Crippen LogP contribution in [0.3, 0.4) is 0 Å². The van der Waals surface area contributed by atoms with Gasteiger partial charge in [0.15, 0.2) is 11.3 Å². The molecule has 0 aliphatic carbocycles. The molecular formula is C17H16F3N5O3. The zero-order valence-electron chi connectivity index (χ0n) is 14.7. The first-order valence-electron chi connectivity index (χ1n) is 8.03. The topological polar surface area (TPSA) is 112 Å². The van der Waals surface area contributed by atoms with Gasteiger partial charge < -0.3 is 20.5 Å². The van der Waals surface area contributed by atoms with Crippen molar-refractivity contribution >= 4 is 17.4 Å². The SMILES string of the molecule is COc1cnc(C(=O)Nc2ccc(F)c([C@]3(C(F)F)COCC(N)=N3)c2)nc1. The van der Waals surface area contributed by atoms with Crippen LogP contribution in [0.4, 0.5) is 18.9 Å². The van der Waals surface area contributed by atoms with Gasteiger partial charge in [-0.15, -0.1) is 0 Å². The molecule has 1 aliphatic rings. The van der Waals surface area contributed by atoms with E-state index in [4.69, 9.17) is 15.2 Å². The van der Waals surface area contributed by atoms with Crippen LogP contribution in [-0.4, -0.2) is 48.5 Å². The quantitative estimate of drug-likeness (QED) is 0.798. The molecule has 1 atom stereocenters. The molecule has 0 saturated heterocycles. The fraction of sp³-hybridized carbons (Fsp3) is 0.294. The molecule has 0 spiro atoms. The van der Waals surface area contributed by atoms with Crippen molar-refractivity contribution in [2.24, 2.45) is 10.7 Å². The van der Waals surface area contributed by atoms with Gasteiger partial charge in [-0.25, -0.2) is 23.1 Å². The number of amidine groups is 1. The summed E-state index contributed by atoms with van der Waals surface area (Å²) in [6.45, 7) is -0.678. The number of methoxy groups -OCH3 is 1. The summed E-state index contributed by atoms with van der Waals surface area (Å²) in [6, 6.07) is 3.23. The van der Waals surface area contributed by atoms with Crippen molar-refractivity contribution in [3.05, 3.63) is 47.8 Å². The predicted octanol–water partition coefficient (Wildman–Crippen LogP) is 1.72. The van der Waals surface area contributed by atoms with Gasteiger partial charge in [-0.2, -0.15) is 0 Å². The molecule has 148 valence electrons. The van der Waals surface area contributed by atoms with Crippen LogP contribution in [0.2, 0.25) is 0 Å². The molecular weight excluding hydrogens is 379 g/mol. The van der Waals surface area contributed by atoms with Crippen LogP contribution in [0.5, 0.6) is 5.75 Å². The van der Waals surface area contributed by atoms with Crippen molar-refractivity contribution in [3.63, 3.8) is 0 Å². The molecule has 1 aromatic heterocycles. The molecule has 0 unspecified atom stereocenters. The van der Waals surface area contributed by atoms with Crippen LogP contribution < -0.4 is 15.8 Å². The number of amides is 1. The van der Waals surface area contributed by atoms with E-state index in [2.05, 4.69) is 20.3 Å². The third kappa shape index (κ3) is 3.74. The molecule has 0 saturated carbocycles. The van der Waals surface area contributed by atoms with Crippen molar-refractivity contribution in [2.75, 3.05) is 25.6 Å². The monoisotopic (exact) mass is 395 g/mol. The first-order valence-corrected chi connectivity index (χ1v) is 8.03. The normalized spacial score (nSPS) is 19.2. The number of rotatable bonds is 5. The highest BCUT2D eigenvalue weighted by Crippen LogP contribution is 2.37. The Kier molecular flexibility index (Phi) is 5.45. The number of aromatic nitrogens is 2. The molecule has 0 fully saturated rings. The predicted molar refractivity (Wildman–Crippen MR) is 93.1 cm³/mol. The lowest BCUT2D eigenvalue weighted by atomic mass is 9.90. The summed E-state index contributed by atoms with van der Waals surface area (Å²) >= 11 is 0. The number of nitrogens with one attached hydrogen (secondary N) is 1. The van der Waals surface area contributed by atoms with Crippen LogP contribution in [0.1, 0.15) is 16.2 Å². The maximum Gasteiger partial charge on any atom is 0.293 e. The molecule has 0 bridgehead atoms. The van der Waals surface area contributed by atoms with E-state index < -0.39 is 35.9 Å². The Labute approximate surface area is 157 Å². The van der Waals surface area contributed by atoms with Gasteiger partial charge in [0.1, 0.15) is 18.3 Å². The number of nitrogens with zero attached hydrogens (tertiary/aromatic N) is 3. The molecule has 1 aromatic carbocycles. The Morgan fingerprint density at radius 1 is 1.36 bits per heavy atom. The third-order valence-electron chi connectivity index (χ3n) is 4.03. The van der Waals surface area contributed by atoms with Gasteiger partial charge >= 0.3 is 0 Å².